The molecule has 3 N–H and O–H groups in total. The lowest BCUT2D eigenvalue weighted by molar-refractivity contribution is -0.126. The molecule has 41 heavy (non-hydrogen) atoms. The van der Waals surface area contributed by atoms with Crippen LogP contribution in [0.2, 0.25) is 0 Å². The molecule has 0 rings (SSSR count). The Morgan fingerprint density at radius 1 is 0.585 bits per heavy atom. The minimum atomic E-state index is -0.418. The quantitative estimate of drug-likeness (QED) is 0.118. The second kappa shape index (κ2) is 21.5. The van der Waals surface area contributed by atoms with E-state index < -0.39 is 5.54 Å². The number of ketones is 2. The predicted molar refractivity (Wildman–Crippen MR) is 166 cm³/mol. The lowest BCUT2D eigenvalue weighted by Crippen LogP contribution is -2.45. The molecule has 0 aliphatic rings. The van der Waals surface area contributed by atoms with Crippen LogP contribution in [-0.2, 0) is 24.0 Å². The fourth-order valence-corrected chi connectivity index (χ4v) is 4.92. The van der Waals surface area contributed by atoms with Crippen LogP contribution in [-0.4, -0.2) is 48.4 Å². The third-order valence-electron chi connectivity index (χ3n) is 7.54. The van der Waals surface area contributed by atoms with Gasteiger partial charge in [-0.25, -0.2) is 0 Å². The summed E-state index contributed by atoms with van der Waals surface area (Å²) in [5.74, 6) is 0.242. The molecule has 1 atom stereocenters. The van der Waals surface area contributed by atoms with E-state index in [9.17, 15) is 24.0 Å². The number of Topliss-reactive ketones (excluding diaryl/α,β-unsaturated/α-hetero) is 2. The van der Waals surface area contributed by atoms with Crippen molar-refractivity contribution in [3.8, 4) is 0 Å². The summed E-state index contributed by atoms with van der Waals surface area (Å²) < 4.78 is 0. The SMILES string of the molecule is CNC(=O)CNC(=O)CCCCCCCCC(=O)C(C)CC(C)(C)NC(=O)CCCCCCCCC(=O)C(C)(C)C. The predicted octanol–water partition coefficient (Wildman–Crippen LogP) is 6.20. The van der Waals surface area contributed by atoms with E-state index in [1.54, 1.807) is 0 Å². The number of unbranched alkanes of at least 4 members (excludes halogenated alkanes) is 10. The Hall–Kier alpha value is -2.25. The molecule has 0 fully saturated rings. The number of carbonyl (C=O) groups excluding carboxylic acids is 5. The van der Waals surface area contributed by atoms with Crippen molar-refractivity contribution in [1.29, 1.82) is 0 Å². The van der Waals surface area contributed by atoms with Crippen LogP contribution in [0.5, 0.6) is 0 Å². The lowest BCUT2D eigenvalue weighted by atomic mass is 9.87. The third kappa shape index (κ3) is 22.1. The van der Waals surface area contributed by atoms with Gasteiger partial charge in [0.05, 0.1) is 6.54 Å². The van der Waals surface area contributed by atoms with Gasteiger partial charge >= 0.3 is 0 Å². The van der Waals surface area contributed by atoms with E-state index in [1.807, 2.05) is 41.5 Å². The highest BCUT2D eigenvalue weighted by Gasteiger charge is 2.26. The third-order valence-corrected chi connectivity index (χ3v) is 7.54. The minimum absolute atomic E-state index is 0.0237. The molecule has 0 saturated heterocycles. The first-order chi connectivity index (χ1) is 19.2. The van der Waals surface area contributed by atoms with E-state index in [4.69, 9.17) is 0 Å². The summed E-state index contributed by atoms with van der Waals surface area (Å²) in [6, 6.07) is 0. The van der Waals surface area contributed by atoms with Crippen molar-refractivity contribution >= 4 is 29.3 Å². The fraction of sp³-hybridized carbons (Fsp3) is 0.848. The average molecular weight is 580 g/mol. The molecule has 3 amide bonds. The zero-order valence-electron chi connectivity index (χ0n) is 27.3. The highest BCUT2D eigenvalue weighted by Crippen LogP contribution is 2.21. The van der Waals surface area contributed by atoms with Crippen LogP contribution in [0, 0.1) is 11.3 Å². The van der Waals surface area contributed by atoms with Crippen molar-refractivity contribution in [1.82, 2.24) is 16.0 Å². The Bertz CT molecular complexity index is 801. The van der Waals surface area contributed by atoms with Crippen LogP contribution >= 0.6 is 0 Å². The van der Waals surface area contributed by atoms with Crippen LogP contribution in [0.1, 0.15) is 151 Å². The molecule has 8 heteroatoms. The second-order valence-electron chi connectivity index (χ2n) is 13.4. The summed E-state index contributed by atoms with van der Waals surface area (Å²) in [5, 5.41) is 8.19. The van der Waals surface area contributed by atoms with E-state index in [0.717, 1.165) is 77.0 Å². The van der Waals surface area contributed by atoms with Crippen molar-refractivity contribution in [3.05, 3.63) is 0 Å². The number of likely N-dealkylation sites (N-methyl/N-ethyl adjacent to an activating group) is 1. The minimum Gasteiger partial charge on any atom is -0.358 e. The van der Waals surface area contributed by atoms with Crippen molar-refractivity contribution in [2.24, 2.45) is 11.3 Å². The maximum absolute atomic E-state index is 12.6. The van der Waals surface area contributed by atoms with Gasteiger partial charge in [0.2, 0.25) is 17.7 Å². The first-order valence-corrected chi connectivity index (χ1v) is 16.0. The highest BCUT2D eigenvalue weighted by molar-refractivity contribution is 5.84. The summed E-state index contributed by atoms with van der Waals surface area (Å²) in [7, 11) is 1.54. The van der Waals surface area contributed by atoms with E-state index in [2.05, 4.69) is 16.0 Å². The monoisotopic (exact) mass is 579 g/mol. The van der Waals surface area contributed by atoms with Crippen LogP contribution in [0.4, 0.5) is 0 Å². The van der Waals surface area contributed by atoms with E-state index in [0.29, 0.717) is 37.9 Å². The van der Waals surface area contributed by atoms with Gasteiger partial charge in [0.15, 0.2) is 0 Å². The van der Waals surface area contributed by atoms with E-state index in [-0.39, 0.29) is 41.4 Å². The molecule has 1 unspecified atom stereocenters. The topological polar surface area (TPSA) is 121 Å². The smallest absolute Gasteiger partial charge is 0.239 e. The zero-order chi connectivity index (χ0) is 31.3. The number of nitrogens with one attached hydrogen (secondary N) is 3. The molecule has 0 radical (unpaired) electrons. The number of hydrogen-bond acceptors (Lipinski definition) is 5. The summed E-state index contributed by atoms with van der Waals surface area (Å²) in [5.41, 5.74) is -0.661. The lowest BCUT2D eigenvalue weighted by Gasteiger charge is -2.29. The highest BCUT2D eigenvalue weighted by atomic mass is 16.2. The standard InChI is InChI=1S/C33H61N3O5/c1-26(27(37)20-16-12-8-10-14-18-22-29(39)35-25-31(41)34-7)24-33(5,6)36-30(40)23-19-15-11-9-13-17-21-28(38)32(2,3)4/h26H,8-25H2,1-7H3,(H,34,41)(H,35,39)(H,36,40). The average Bonchev–Trinajstić information content (AvgIpc) is 2.88. The molecular formula is C33H61N3O5. The summed E-state index contributed by atoms with van der Waals surface area (Å²) in [6.45, 7) is 11.9. The Morgan fingerprint density at radius 3 is 1.51 bits per heavy atom. The molecule has 8 nitrogen and oxygen atoms in total. The van der Waals surface area contributed by atoms with Crippen LogP contribution in [0.15, 0.2) is 0 Å². The van der Waals surface area contributed by atoms with Crippen molar-refractivity contribution in [2.45, 2.75) is 156 Å². The van der Waals surface area contributed by atoms with Crippen molar-refractivity contribution < 1.29 is 24.0 Å². The Kier molecular flexibility index (Phi) is 20.3. The molecule has 0 bridgehead atoms. The van der Waals surface area contributed by atoms with Crippen molar-refractivity contribution in [2.75, 3.05) is 13.6 Å². The molecule has 0 saturated carbocycles. The van der Waals surface area contributed by atoms with Gasteiger partial charge in [0, 0.05) is 49.6 Å². The van der Waals surface area contributed by atoms with Gasteiger partial charge < -0.3 is 16.0 Å². The first-order valence-electron chi connectivity index (χ1n) is 16.0. The van der Waals surface area contributed by atoms with E-state index >= 15 is 0 Å². The maximum atomic E-state index is 12.6. The van der Waals surface area contributed by atoms with Crippen LogP contribution < -0.4 is 16.0 Å². The normalized spacial score (nSPS) is 12.5. The molecule has 238 valence electrons. The molecular weight excluding hydrogens is 518 g/mol. The molecule has 0 aromatic heterocycles. The molecule has 0 aromatic carbocycles. The van der Waals surface area contributed by atoms with Gasteiger partial charge in [0.25, 0.3) is 0 Å². The molecule has 0 heterocycles. The number of amides is 3. The second-order valence-corrected chi connectivity index (χ2v) is 13.4. The van der Waals surface area contributed by atoms with Gasteiger partial charge in [-0.2, -0.15) is 0 Å². The molecule has 0 spiro atoms. The molecule has 0 aliphatic heterocycles. The van der Waals surface area contributed by atoms with Crippen LogP contribution in [0.25, 0.3) is 0 Å². The van der Waals surface area contributed by atoms with Gasteiger partial charge in [-0.1, -0.05) is 79.1 Å². The summed E-state index contributed by atoms with van der Waals surface area (Å²) in [6.07, 6.45) is 14.6. The Labute approximate surface area is 250 Å². The summed E-state index contributed by atoms with van der Waals surface area (Å²) in [4.78, 5) is 59.9. The Balaban J connectivity index is 3.89. The first kappa shape index (κ1) is 38.8. The number of rotatable bonds is 24. The maximum Gasteiger partial charge on any atom is 0.239 e. The van der Waals surface area contributed by atoms with Gasteiger partial charge in [0.1, 0.15) is 11.6 Å². The van der Waals surface area contributed by atoms with Gasteiger partial charge in [-0.3, -0.25) is 24.0 Å². The Morgan fingerprint density at radius 2 is 1.02 bits per heavy atom. The van der Waals surface area contributed by atoms with Gasteiger partial charge in [-0.15, -0.1) is 0 Å². The van der Waals surface area contributed by atoms with Gasteiger partial charge in [-0.05, 0) is 46.0 Å². The van der Waals surface area contributed by atoms with Crippen molar-refractivity contribution in [3.63, 3.8) is 0 Å². The molecule has 0 aromatic rings. The summed E-state index contributed by atoms with van der Waals surface area (Å²) >= 11 is 0. The molecule has 0 aliphatic carbocycles. The van der Waals surface area contributed by atoms with Crippen LogP contribution in [0.3, 0.4) is 0 Å². The largest absolute Gasteiger partial charge is 0.358 e. The zero-order valence-corrected chi connectivity index (χ0v) is 27.3. The number of hydrogen-bond donors (Lipinski definition) is 3. The fourth-order valence-electron chi connectivity index (χ4n) is 4.92. The van der Waals surface area contributed by atoms with E-state index in [1.165, 1.54) is 7.05 Å². The number of carbonyl (C=O) groups is 5.